The third kappa shape index (κ3) is 15.4. The number of hydrogen-bond acceptors (Lipinski definition) is 2. The normalized spacial score (nSPS) is 11.9. The van der Waals surface area contributed by atoms with Crippen molar-refractivity contribution in [3.05, 3.63) is 0 Å². The molecule has 0 amide bonds. The van der Waals surface area contributed by atoms with Crippen LogP contribution in [0.3, 0.4) is 0 Å². The van der Waals surface area contributed by atoms with Gasteiger partial charge in [0.05, 0.1) is 0 Å². The van der Waals surface area contributed by atoms with Crippen LogP contribution in [0.5, 0.6) is 0 Å². The maximum absolute atomic E-state index is 11.4. The fraction of sp³-hybridized carbons (Fsp3) is 0.929. The van der Waals surface area contributed by atoms with E-state index in [2.05, 4.69) is 20.8 Å². The topological polar surface area (TPSA) is 57.8 Å². The molecule has 0 aliphatic heterocycles. The summed E-state index contributed by atoms with van der Waals surface area (Å²) < 4.78 is 5.25. The van der Waals surface area contributed by atoms with Crippen LogP contribution in [-0.2, 0) is 9.53 Å². The Morgan fingerprint density at radius 3 is 1.88 bits per heavy atom. The lowest BCUT2D eigenvalue weighted by molar-refractivity contribution is -0.154. The van der Waals surface area contributed by atoms with E-state index in [4.69, 9.17) is 4.74 Å². The molecule has 0 aromatic heterocycles. The van der Waals surface area contributed by atoms with Crippen molar-refractivity contribution in [1.82, 2.24) is 0 Å². The molecule has 0 spiro atoms. The van der Waals surface area contributed by atoms with Crippen LogP contribution >= 0.6 is 0 Å². The summed E-state index contributed by atoms with van der Waals surface area (Å²) >= 11 is 0. The third-order valence-corrected chi connectivity index (χ3v) is 2.23. The fourth-order valence-electron chi connectivity index (χ4n) is 1.49. The highest BCUT2D eigenvalue weighted by atomic mass is 16.6. The molecule has 0 saturated carbocycles. The summed E-state index contributed by atoms with van der Waals surface area (Å²) in [6.45, 7) is 12.5. The Labute approximate surface area is 106 Å². The van der Waals surface area contributed by atoms with Gasteiger partial charge >= 0.3 is 5.97 Å². The van der Waals surface area contributed by atoms with Gasteiger partial charge in [0.25, 0.3) is 0 Å². The van der Waals surface area contributed by atoms with E-state index >= 15 is 0 Å². The SMILES string of the molecule is CC(C)(C)CCCCCC(=O)OC(C)(C)C.O. The van der Waals surface area contributed by atoms with E-state index in [9.17, 15) is 4.79 Å². The molecule has 0 aromatic carbocycles. The molecule has 104 valence electrons. The van der Waals surface area contributed by atoms with Gasteiger partial charge in [0, 0.05) is 6.42 Å². The van der Waals surface area contributed by atoms with E-state index in [0.717, 1.165) is 12.8 Å². The monoisotopic (exact) mass is 246 g/mol. The molecule has 0 heterocycles. The minimum absolute atomic E-state index is 0. The summed E-state index contributed by atoms with van der Waals surface area (Å²) in [4.78, 5) is 11.4. The van der Waals surface area contributed by atoms with Crippen LogP contribution in [0.4, 0.5) is 0 Å². The van der Waals surface area contributed by atoms with Gasteiger partial charge in [0.1, 0.15) is 5.60 Å². The number of ether oxygens (including phenoxy) is 1. The number of esters is 1. The molecule has 0 aliphatic carbocycles. The Kier molecular flexibility index (Phi) is 8.51. The van der Waals surface area contributed by atoms with Crippen LogP contribution in [0.1, 0.15) is 73.6 Å². The molecule has 0 saturated heterocycles. The smallest absolute Gasteiger partial charge is 0.306 e. The van der Waals surface area contributed by atoms with Gasteiger partial charge in [0.2, 0.25) is 0 Å². The van der Waals surface area contributed by atoms with Crippen molar-refractivity contribution in [3.8, 4) is 0 Å². The van der Waals surface area contributed by atoms with Gasteiger partial charge in [-0.3, -0.25) is 4.79 Å². The van der Waals surface area contributed by atoms with E-state index in [1.807, 2.05) is 20.8 Å². The van der Waals surface area contributed by atoms with Crippen molar-refractivity contribution >= 4 is 5.97 Å². The molecule has 0 aromatic rings. The number of hydrogen-bond donors (Lipinski definition) is 0. The number of carbonyl (C=O) groups excluding carboxylic acids is 1. The van der Waals surface area contributed by atoms with Crippen LogP contribution < -0.4 is 0 Å². The van der Waals surface area contributed by atoms with E-state index in [-0.39, 0.29) is 17.0 Å². The van der Waals surface area contributed by atoms with Crippen molar-refractivity contribution < 1.29 is 15.0 Å². The summed E-state index contributed by atoms with van der Waals surface area (Å²) in [6.07, 6.45) is 5.05. The van der Waals surface area contributed by atoms with Crippen LogP contribution in [0.15, 0.2) is 0 Å². The average molecular weight is 246 g/mol. The van der Waals surface area contributed by atoms with Crippen LogP contribution in [-0.4, -0.2) is 17.0 Å². The van der Waals surface area contributed by atoms with Crippen LogP contribution in [0.2, 0.25) is 0 Å². The summed E-state index contributed by atoms with van der Waals surface area (Å²) in [5.41, 5.74) is 0.0639. The second-order valence-electron chi connectivity index (χ2n) is 6.71. The van der Waals surface area contributed by atoms with Gasteiger partial charge in [0.15, 0.2) is 0 Å². The van der Waals surface area contributed by atoms with Gasteiger partial charge in [-0.2, -0.15) is 0 Å². The minimum atomic E-state index is -0.345. The zero-order valence-corrected chi connectivity index (χ0v) is 12.4. The fourth-order valence-corrected chi connectivity index (χ4v) is 1.49. The largest absolute Gasteiger partial charge is 0.460 e. The summed E-state index contributed by atoms with van der Waals surface area (Å²) in [7, 11) is 0. The molecule has 3 nitrogen and oxygen atoms in total. The highest BCUT2D eigenvalue weighted by Crippen LogP contribution is 2.22. The minimum Gasteiger partial charge on any atom is -0.460 e. The van der Waals surface area contributed by atoms with Gasteiger partial charge < -0.3 is 10.2 Å². The maximum Gasteiger partial charge on any atom is 0.306 e. The third-order valence-electron chi connectivity index (χ3n) is 2.23. The Hall–Kier alpha value is -0.570. The number of rotatable bonds is 5. The first-order valence-electron chi connectivity index (χ1n) is 6.32. The van der Waals surface area contributed by atoms with Crippen molar-refractivity contribution in [2.24, 2.45) is 5.41 Å². The lowest BCUT2D eigenvalue weighted by Crippen LogP contribution is -2.23. The quantitative estimate of drug-likeness (QED) is 0.550. The molecule has 2 N–H and O–H groups in total. The second kappa shape index (κ2) is 7.70. The standard InChI is InChI=1S/C14H28O2.H2O/c1-13(2,3)11-9-7-8-10-12(15)16-14(4,5)6;/h7-11H2,1-6H3;1H2. The molecule has 0 radical (unpaired) electrons. The first-order chi connectivity index (χ1) is 7.10. The van der Waals surface area contributed by atoms with E-state index < -0.39 is 0 Å². The Balaban J connectivity index is 0. The van der Waals surface area contributed by atoms with Gasteiger partial charge in [-0.25, -0.2) is 0 Å². The van der Waals surface area contributed by atoms with E-state index in [0.29, 0.717) is 11.8 Å². The highest BCUT2D eigenvalue weighted by Gasteiger charge is 2.15. The average Bonchev–Trinajstić information content (AvgIpc) is 1.97. The van der Waals surface area contributed by atoms with Crippen molar-refractivity contribution in [2.75, 3.05) is 0 Å². The Morgan fingerprint density at radius 1 is 0.941 bits per heavy atom. The molecule has 0 atom stereocenters. The number of carbonyl (C=O) groups is 1. The van der Waals surface area contributed by atoms with Crippen molar-refractivity contribution in [1.29, 1.82) is 0 Å². The number of unbranched alkanes of at least 4 members (excludes halogenated alkanes) is 2. The summed E-state index contributed by atoms with van der Waals surface area (Å²) in [5, 5.41) is 0. The summed E-state index contributed by atoms with van der Waals surface area (Å²) in [5.74, 6) is -0.0664. The molecule has 0 aliphatic rings. The summed E-state index contributed by atoms with van der Waals surface area (Å²) in [6, 6.07) is 0. The highest BCUT2D eigenvalue weighted by molar-refractivity contribution is 5.69. The zero-order chi connectivity index (χ0) is 12.8. The maximum atomic E-state index is 11.4. The first kappa shape index (κ1) is 18.8. The van der Waals surface area contributed by atoms with Gasteiger partial charge in [-0.05, 0) is 39.0 Å². The van der Waals surface area contributed by atoms with Crippen molar-refractivity contribution in [2.45, 2.75) is 79.2 Å². The van der Waals surface area contributed by atoms with Crippen LogP contribution in [0, 0.1) is 5.41 Å². The van der Waals surface area contributed by atoms with Crippen LogP contribution in [0.25, 0.3) is 0 Å². The molecular weight excluding hydrogens is 216 g/mol. The predicted molar refractivity (Wildman–Crippen MR) is 72.0 cm³/mol. The lowest BCUT2D eigenvalue weighted by Gasteiger charge is -2.19. The first-order valence-corrected chi connectivity index (χ1v) is 6.32. The van der Waals surface area contributed by atoms with Gasteiger partial charge in [-0.15, -0.1) is 0 Å². The van der Waals surface area contributed by atoms with Crippen molar-refractivity contribution in [3.63, 3.8) is 0 Å². The lowest BCUT2D eigenvalue weighted by atomic mass is 9.89. The molecule has 17 heavy (non-hydrogen) atoms. The molecule has 0 fully saturated rings. The molecule has 0 rings (SSSR count). The molecule has 3 heteroatoms. The Bertz CT molecular complexity index is 208. The Morgan fingerprint density at radius 2 is 1.47 bits per heavy atom. The molecule has 0 bridgehead atoms. The van der Waals surface area contributed by atoms with E-state index in [1.165, 1.54) is 12.8 Å². The van der Waals surface area contributed by atoms with E-state index in [1.54, 1.807) is 0 Å². The predicted octanol–water partition coefficient (Wildman–Crippen LogP) is 3.50. The molecular formula is C14H30O3. The molecule has 0 unspecified atom stereocenters. The van der Waals surface area contributed by atoms with Gasteiger partial charge in [-0.1, -0.05) is 33.6 Å². The second-order valence-corrected chi connectivity index (χ2v) is 6.71. The zero-order valence-electron chi connectivity index (χ0n) is 12.4.